The second kappa shape index (κ2) is 8.32. The fourth-order valence-electron chi connectivity index (χ4n) is 3.22. The van der Waals surface area contributed by atoms with Crippen molar-refractivity contribution in [3.8, 4) is 0 Å². The smallest absolute Gasteiger partial charge is 0.164 e. The zero-order chi connectivity index (χ0) is 17.6. The number of rotatable bonds is 6. The monoisotopic (exact) mass is 344 g/mol. The number of Topliss-reactive ketones (excluding diaryl/α,β-unsaturated/α-hetero) is 1. The first kappa shape index (κ1) is 17.7. The summed E-state index contributed by atoms with van der Waals surface area (Å²) >= 11 is 0. The van der Waals surface area contributed by atoms with Crippen molar-refractivity contribution in [1.29, 1.82) is 0 Å². The Hall–Kier alpha value is -2.11. The van der Waals surface area contributed by atoms with E-state index in [1.54, 1.807) is 0 Å². The van der Waals surface area contributed by atoms with Gasteiger partial charge < -0.3 is 5.32 Å². The maximum Gasteiger partial charge on any atom is 0.164 e. The van der Waals surface area contributed by atoms with Crippen molar-refractivity contribution in [2.45, 2.75) is 18.9 Å². The predicted molar refractivity (Wildman–Crippen MR) is 93.7 cm³/mol. The number of nitrogens with zero attached hydrogens (tertiary/aromatic N) is 1. The molecule has 0 amide bonds. The van der Waals surface area contributed by atoms with Gasteiger partial charge >= 0.3 is 0 Å². The second-order valence-electron chi connectivity index (χ2n) is 6.40. The highest BCUT2D eigenvalue weighted by atomic mass is 19.1. The third-order valence-corrected chi connectivity index (χ3v) is 4.65. The standard InChI is InChI=1S/C20H22F2N2O/c21-17-5-1-15(2-6-17)13-19-14-23-10-12-24(19)11-9-20(25)16-3-7-18(22)8-4-16/h1-8,19,23H,9-14H2. The first-order valence-corrected chi connectivity index (χ1v) is 8.60. The summed E-state index contributed by atoms with van der Waals surface area (Å²) < 4.78 is 26.0. The highest BCUT2D eigenvalue weighted by molar-refractivity contribution is 5.96. The zero-order valence-corrected chi connectivity index (χ0v) is 14.1. The Labute approximate surface area is 146 Å². The van der Waals surface area contributed by atoms with Crippen LogP contribution < -0.4 is 5.32 Å². The number of benzene rings is 2. The van der Waals surface area contributed by atoms with Gasteiger partial charge in [-0.05, 0) is 48.4 Å². The lowest BCUT2D eigenvalue weighted by Crippen LogP contribution is -2.52. The van der Waals surface area contributed by atoms with E-state index >= 15 is 0 Å². The minimum absolute atomic E-state index is 0.0269. The van der Waals surface area contributed by atoms with E-state index in [9.17, 15) is 13.6 Å². The largest absolute Gasteiger partial charge is 0.314 e. The SMILES string of the molecule is O=C(CCN1CCNCC1Cc1ccc(F)cc1)c1ccc(F)cc1. The molecule has 2 aromatic rings. The molecule has 1 heterocycles. The number of carbonyl (C=O) groups excluding carboxylic acids is 1. The van der Waals surface area contributed by atoms with Crippen LogP contribution >= 0.6 is 0 Å². The van der Waals surface area contributed by atoms with Gasteiger partial charge in [0.1, 0.15) is 11.6 Å². The van der Waals surface area contributed by atoms with Crippen molar-refractivity contribution in [1.82, 2.24) is 10.2 Å². The highest BCUT2D eigenvalue weighted by Gasteiger charge is 2.23. The molecule has 25 heavy (non-hydrogen) atoms. The molecule has 5 heteroatoms. The molecular formula is C20H22F2N2O. The third kappa shape index (κ3) is 4.94. The lowest BCUT2D eigenvalue weighted by Gasteiger charge is -2.36. The minimum Gasteiger partial charge on any atom is -0.314 e. The first-order chi connectivity index (χ1) is 12.1. The number of nitrogens with one attached hydrogen (secondary N) is 1. The van der Waals surface area contributed by atoms with Gasteiger partial charge in [0.25, 0.3) is 0 Å². The predicted octanol–water partition coefficient (Wildman–Crippen LogP) is 3.05. The molecular weight excluding hydrogens is 322 g/mol. The van der Waals surface area contributed by atoms with E-state index in [1.807, 2.05) is 12.1 Å². The zero-order valence-electron chi connectivity index (χ0n) is 14.1. The van der Waals surface area contributed by atoms with Gasteiger partial charge in [0.2, 0.25) is 0 Å². The maximum atomic E-state index is 13.1. The van der Waals surface area contributed by atoms with Gasteiger partial charge in [0, 0.05) is 44.2 Å². The van der Waals surface area contributed by atoms with Crippen LogP contribution in [0.15, 0.2) is 48.5 Å². The maximum absolute atomic E-state index is 13.1. The Kier molecular flexibility index (Phi) is 5.89. The van der Waals surface area contributed by atoms with Crippen LogP contribution in [0.1, 0.15) is 22.3 Å². The van der Waals surface area contributed by atoms with E-state index in [0.717, 1.165) is 31.6 Å². The van der Waals surface area contributed by atoms with Gasteiger partial charge in [-0.25, -0.2) is 8.78 Å². The molecule has 0 bridgehead atoms. The molecule has 1 atom stereocenters. The molecule has 0 aliphatic carbocycles. The third-order valence-electron chi connectivity index (χ3n) is 4.65. The molecule has 1 unspecified atom stereocenters. The topological polar surface area (TPSA) is 32.3 Å². The molecule has 132 valence electrons. The summed E-state index contributed by atoms with van der Waals surface area (Å²) in [7, 11) is 0. The summed E-state index contributed by atoms with van der Waals surface area (Å²) in [5, 5.41) is 3.38. The Morgan fingerprint density at radius 3 is 2.36 bits per heavy atom. The number of ketones is 1. The molecule has 3 rings (SSSR count). The Morgan fingerprint density at radius 2 is 1.68 bits per heavy atom. The summed E-state index contributed by atoms with van der Waals surface area (Å²) in [5.74, 6) is -0.538. The second-order valence-corrected chi connectivity index (χ2v) is 6.40. The van der Waals surface area contributed by atoms with Crippen LogP contribution in [0.3, 0.4) is 0 Å². The van der Waals surface area contributed by atoms with E-state index in [4.69, 9.17) is 0 Å². The number of hydrogen-bond donors (Lipinski definition) is 1. The van der Waals surface area contributed by atoms with Gasteiger partial charge in [-0.1, -0.05) is 12.1 Å². The molecule has 1 aliphatic rings. The molecule has 0 radical (unpaired) electrons. The normalized spacial score (nSPS) is 18.2. The molecule has 2 aromatic carbocycles. The van der Waals surface area contributed by atoms with Crippen LogP contribution in [0.2, 0.25) is 0 Å². The van der Waals surface area contributed by atoms with Crippen LogP contribution in [0.25, 0.3) is 0 Å². The summed E-state index contributed by atoms with van der Waals surface area (Å²) in [5.41, 5.74) is 1.64. The summed E-state index contributed by atoms with van der Waals surface area (Å²) in [6, 6.07) is 12.6. The molecule has 0 aromatic heterocycles. The van der Waals surface area contributed by atoms with Crippen molar-refractivity contribution >= 4 is 5.78 Å². The molecule has 3 nitrogen and oxygen atoms in total. The van der Waals surface area contributed by atoms with Crippen LogP contribution in [0, 0.1) is 11.6 Å². The number of carbonyl (C=O) groups is 1. The van der Waals surface area contributed by atoms with Crippen molar-refractivity contribution in [3.05, 3.63) is 71.3 Å². The van der Waals surface area contributed by atoms with E-state index < -0.39 is 0 Å². The summed E-state index contributed by atoms with van der Waals surface area (Å²) in [6.07, 6.45) is 1.23. The van der Waals surface area contributed by atoms with Crippen LogP contribution in [0.5, 0.6) is 0 Å². The average Bonchev–Trinajstić information content (AvgIpc) is 2.63. The quantitative estimate of drug-likeness (QED) is 0.818. The van der Waals surface area contributed by atoms with E-state index in [1.165, 1.54) is 36.4 Å². The van der Waals surface area contributed by atoms with Gasteiger partial charge in [-0.3, -0.25) is 9.69 Å². The molecule has 0 saturated carbocycles. The molecule has 1 N–H and O–H groups in total. The highest BCUT2D eigenvalue weighted by Crippen LogP contribution is 2.14. The van der Waals surface area contributed by atoms with Gasteiger partial charge in [-0.2, -0.15) is 0 Å². The fourth-order valence-corrected chi connectivity index (χ4v) is 3.22. The average molecular weight is 344 g/mol. The van der Waals surface area contributed by atoms with E-state index in [2.05, 4.69) is 10.2 Å². The van der Waals surface area contributed by atoms with E-state index in [-0.39, 0.29) is 23.5 Å². The molecule has 0 spiro atoms. The van der Waals surface area contributed by atoms with Crippen LogP contribution in [-0.4, -0.2) is 42.9 Å². The number of piperazine rings is 1. The van der Waals surface area contributed by atoms with Crippen LogP contribution in [-0.2, 0) is 6.42 Å². The van der Waals surface area contributed by atoms with Crippen molar-refractivity contribution in [2.75, 3.05) is 26.2 Å². The molecule has 1 fully saturated rings. The first-order valence-electron chi connectivity index (χ1n) is 8.60. The number of hydrogen-bond acceptors (Lipinski definition) is 3. The fraction of sp³-hybridized carbons (Fsp3) is 0.350. The Bertz CT molecular complexity index is 701. The lowest BCUT2D eigenvalue weighted by atomic mass is 10.0. The van der Waals surface area contributed by atoms with Crippen LogP contribution in [0.4, 0.5) is 8.78 Å². The minimum atomic E-state index is -0.335. The summed E-state index contributed by atoms with van der Waals surface area (Å²) in [6.45, 7) is 3.29. The van der Waals surface area contributed by atoms with Crippen molar-refractivity contribution in [3.63, 3.8) is 0 Å². The molecule has 1 saturated heterocycles. The van der Waals surface area contributed by atoms with Crippen molar-refractivity contribution in [2.24, 2.45) is 0 Å². The van der Waals surface area contributed by atoms with Gasteiger partial charge in [0.15, 0.2) is 5.78 Å². The van der Waals surface area contributed by atoms with Gasteiger partial charge in [-0.15, -0.1) is 0 Å². The van der Waals surface area contributed by atoms with Gasteiger partial charge in [0.05, 0.1) is 0 Å². The Balaban J connectivity index is 1.58. The summed E-state index contributed by atoms with van der Waals surface area (Å²) in [4.78, 5) is 14.6. The molecule has 1 aliphatic heterocycles. The van der Waals surface area contributed by atoms with Crippen molar-refractivity contribution < 1.29 is 13.6 Å². The van der Waals surface area contributed by atoms with E-state index in [0.29, 0.717) is 18.5 Å². The number of halogens is 2. The Morgan fingerprint density at radius 1 is 1.04 bits per heavy atom. The lowest BCUT2D eigenvalue weighted by molar-refractivity contribution is 0.0935.